The Kier molecular flexibility index (Phi) is 22.6. The number of carbonyl (C=O) groups is 10. The summed E-state index contributed by atoms with van der Waals surface area (Å²) in [4.78, 5) is 202. The average molecular weight is 1970 g/mol. The van der Waals surface area contributed by atoms with Gasteiger partial charge in [0.2, 0.25) is 0 Å². The van der Waals surface area contributed by atoms with Crippen molar-refractivity contribution in [2.45, 2.75) is 96.9 Å². The fourth-order valence-corrected chi connectivity index (χ4v) is 29.9. The molecule has 131 heavy (non-hydrogen) atoms. The Bertz CT molecular complexity index is 7960. The third-order valence-electron chi connectivity index (χ3n) is 24.8. The van der Waals surface area contributed by atoms with Crippen LogP contribution in [0.1, 0.15) is 157 Å². The summed E-state index contributed by atoms with van der Waals surface area (Å²) in [5.41, 5.74) is 11.6. The van der Waals surface area contributed by atoms with Gasteiger partial charge in [-0.05, 0) is 165 Å². The van der Waals surface area contributed by atoms with Crippen molar-refractivity contribution in [3.05, 3.63) is 252 Å². The molecule has 6 aliphatic rings. The van der Waals surface area contributed by atoms with Gasteiger partial charge in [0.1, 0.15) is 0 Å². The Hall–Kier alpha value is -12.2. The molecule has 0 bridgehead atoms. The number of pyridine rings is 2. The first kappa shape index (κ1) is 90.7. The number of hydrogen-bond acceptors (Lipinski definition) is 23. The van der Waals surface area contributed by atoms with Gasteiger partial charge in [0.15, 0.2) is 0 Å². The van der Waals surface area contributed by atoms with E-state index in [1.165, 1.54) is 125 Å². The first-order chi connectivity index (χ1) is 61.7. The van der Waals surface area contributed by atoms with Crippen molar-refractivity contribution in [1.29, 1.82) is 0 Å². The van der Waals surface area contributed by atoms with Crippen molar-refractivity contribution in [2.75, 3.05) is 42.3 Å². The number of hydrogen-bond donors (Lipinski definition) is 0. The van der Waals surface area contributed by atoms with Gasteiger partial charge < -0.3 is 9.80 Å². The summed E-state index contributed by atoms with van der Waals surface area (Å²) in [7, 11) is 16.2. The summed E-state index contributed by atoms with van der Waals surface area (Å²) in [5.74, 6) is -1.38. The second-order valence-corrected chi connectivity index (χ2v) is 46.2. The minimum atomic E-state index is -0.423. The SMILES string of the molecule is CC1=C2C(=C(C)C(=O)N2C)N(C)C1=O.Cc1[se]c(C)c2c1C(=O)N(C)C2=O.Cc1cc2c(=O)n(C)c(=O)c3c4cc(C)cc5c(=O)n(C)c(=O)c(c(c1)c23)c54.Cc1cc2c(s1)c1sc(C)cc1c1c2n(C)c(=O)n1C.Cc1cc2sc(-c3sc(-c4cc5sc(C)cc5s4)c4c3C(=O)N(C)C4=O)cc2s1.Cc1ccc(C)c2c1C(=O)N(C)C2=O.Cc1sc(C)c2c1C(=O)N(C)C2=O. The normalized spacial score (nSPS) is 14.6. The van der Waals surface area contributed by atoms with Gasteiger partial charge in [0.25, 0.3) is 69.5 Å². The van der Waals surface area contributed by atoms with Gasteiger partial charge in [-0.3, -0.25) is 90.5 Å². The minimum Gasteiger partial charge on any atom is -0.294 e. The van der Waals surface area contributed by atoms with E-state index >= 15 is 0 Å². The third-order valence-corrected chi connectivity index (χ3v) is 36.2. The topological polar surface area (TPSA) is 295 Å². The smallest absolute Gasteiger partial charge is 0.294 e. The molecule has 5 aromatic carbocycles. The first-order valence-corrected chi connectivity index (χ1v) is 49.4. The van der Waals surface area contributed by atoms with Gasteiger partial charge in [-0.1, -0.05) is 24.3 Å². The number of fused-ring (bicyclic) bond motifs is 15. The van der Waals surface area contributed by atoms with Crippen LogP contribution in [0.25, 0.3) is 113 Å². The zero-order valence-electron chi connectivity index (χ0n) is 75.7. The van der Waals surface area contributed by atoms with Crippen LogP contribution in [-0.4, -0.2) is 164 Å². The zero-order chi connectivity index (χ0) is 94.8. The van der Waals surface area contributed by atoms with Crippen LogP contribution in [0.3, 0.4) is 0 Å². The van der Waals surface area contributed by atoms with Gasteiger partial charge >= 0.3 is 87.4 Å². The molecule has 17 aromatic rings. The molecule has 6 aliphatic heterocycles. The van der Waals surface area contributed by atoms with E-state index in [0.717, 1.165) is 92.0 Å². The van der Waals surface area contributed by atoms with E-state index in [1.807, 2.05) is 116 Å². The van der Waals surface area contributed by atoms with Gasteiger partial charge in [-0.2, -0.15) is 0 Å². The van der Waals surface area contributed by atoms with Crippen LogP contribution in [0, 0.1) is 83.1 Å². The number of thiophene rings is 8. The number of nitrogens with zero attached hydrogens (tertiary/aromatic N) is 10. The molecule has 12 aromatic heterocycles. The first-order valence-electron chi connectivity index (χ1n) is 41.1. The molecule has 10 amide bonds. The third kappa shape index (κ3) is 13.9. The quantitative estimate of drug-likeness (QED) is 0.0672. The summed E-state index contributed by atoms with van der Waals surface area (Å²) in [6, 6.07) is 24.0. The summed E-state index contributed by atoms with van der Waals surface area (Å²) in [6.45, 7) is 27.0. The largest absolute Gasteiger partial charge is 0.328 e. The Morgan fingerprint density at radius 2 is 0.573 bits per heavy atom. The van der Waals surface area contributed by atoms with Crippen LogP contribution in [0.5, 0.6) is 0 Å². The minimum absolute atomic E-state index is 0.0197. The number of aromatic nitrogens is 4. The second kappa shape index (κ2) is 32.7. The fraction of sp³-hybridized carbons (Fsp3) is 0.247. The van der Waals surface area contributed by atoms with E-state index in [-0.39, 0.29) is 79.3 Å². The summed E-state index contributed by atoms with van der Waals surface area (Å²) >= 11 is 13.9. The molecule has 18 heterocycles. The van der Waals surface area contributed by atoms with E-state index in [1.54, 1.807) is 123 Å². The number of imide groups is 4. The van der Waals surface area contributed by atoms with Gasteiger partial charge in [-0.25, -0.2) is 4.79 Å². The molecule has 0 saturated heterocycles. The number of rotatable bonds is 2. The molecule has 0 radical (unpaired) electrons. The van der Waals surface area contributed by atoms with Crippen LogP contribution in [0.4, 0.5) is 0 Å². The monoisotopic (exact) mass is 1960 g/mol. The Balaban J connectivity index is 0.000000110. The fourth-order valence-electron chi connectivity index (χ4n) is 18.4. The van der Waals surface area contributed by atoms with E-state index in [0.29, 0.717) is 98.7 Å². The predicted molar refractivity (Wildman–Crippen MR) is 530 cm³/mol. The molecule has 34 heteroatoms. The average Bonchev–Trinajstić information content (AvgIpc) is 1.59. The standard InChI is InChI=1S/C22H16N2O4.C21H13NO2S5.C15H14N2OS2.C11H11NO2.C10H12N2O2.C9H9NO2S.C9H9NO2Se/c1-9-5-11-15-13(7-9)19(25)23(3)22(28)18(15)12-6-10(2)8-14-16(12)17(11)21(27)24(4)20(14)26;1-8-4-10-12(25-8)6-14(27-10)18-16-17(21(24)22(3)20(16)23)19(29-18)15-7-13-11(28-15)5-9(2)26-13;1-7-5-9-11-12(17(4)15(18)16(11)3)10-6-8(2)20-14(10)13(9)19-7;1-6-4-5-7(2)9-8(6)10(13)12(3)11(9)14;1-5-7-8(12(4)9(5)13)6(2)10(14)11(7)3;2*1-4-6-7(5(2)13-4)9(12)10(3)8(6)11/h5-8H,1-4H3;4-7H,1-3H3;5-6H,1-4H3;4-5H,1-3H3;1-4H3;2*1-3H3. The molecule has 0 saturated carbocycles. The number of aryl methyl sites for hydroxylation is 14. The number of imidazole rings is 1. The zero-order valence-corrected chi connectivity index (χ0v) is 83.9. The van der Waals surface area contributed by atoms with Crippen molar-refractivity contribution in [1.82, 2.24) is 47.7 Å². The second-order valence-electron chi connectivity index (χ2n) is 33.5. The number of carbonyl (C=O) groups excluding carboxylic acids is 10. The van der Waals surface area contributed by atoms with Gasteiger partial charge in [0, 0.05) is 165 Å². The summed E-state index contributed by atoms with van der Waals surface area (Å²) in [6.07, 6.45) is 0. The molecule has 0 spiro atoms. The van der Waals surface area contributed by atoms with Crippen LogP contribution >= 0.6 is 90.7 Å². The van der Waals surface area contributed by atoms with E-state index in [2.05, 4.69) is 64.1 Å². The Morgan fingerprint density at radius 1 is 0.260 bits per heavy atom. The number of likely N-dealkylation sites (N-methyl/N-ethyl adjacent to an activating group) is 2. The maximum atomic E-state index is 13.1. The molecule has 666 valence electrons. The molecule has 0 N–H and O–H groups in total. The maximum Gasteiger partial charge on any atom is 0.328 e. The number of amides is 10. The number of benzene rings is 5. The molecule has 25 nitrogen and oxygen atoms in total. The maximum absolute atomic E-state index is 13.1. The van der Waals surface area contributed by atoms with Crippen molar-refractivity contribution < 1.29 is 47.9 Å². The van der Waals surface area contributed by atoms with Crippen LogP contribution in [0.15, 0.2) is 119 Å². The molecule has 0 fully saturated rings. The Labute approximate surface area is 785 Å². The van der Waals surface area contributed by atoms with E-state index in [9.17, 15) is 71.9 Å². The van der Waals surface area contributed by atoms with E-state index < -0.39 is 22.2 Å². The van der Waals surface area contributed by atoms with Crippen molar-refractivity contribution in [3.8, 4) is 19.5 Å². The van der Waals surface area contributed by atoms with Gasteiger partial charge in [-0.15, -0.1) is 90.7 Å². The van der Waals surface area contributed by atoms with Crippen LogP contribution in [0.2, 0.25) is 0 Å². The van der Waals surface area contributed by atoms with Crippen molar-refractivity contribution in [2.24, 2.45) is 28.2 Å². The molecule has 0 aliphatic carbocycles. The molecular formula is C97H84N10O15S8Se. The van der Waals surface area contributed by atoms with Crippen molar-refractivity contribution >= 4 is 257 Å². The van der Waals surface area contributed by atoms with Gasteiger partial charge in [0.05, 0.1) is 85.7 Å². The predicted octanol–water partition coefficient (Wildman–Crippen LogP) is 17.5. The molecule has 0 atom stereocenters. The summed E-state index contributed by atoms with van der Waals surface area (Å²) in [5, 5.41) is 6.04. The summed E-state index contributed by atoms with van der Waals surface area (Å²) < 4.78 is 15.5. The molecular weight excluding hydrogens is 1880 g/mol. The van der Waals surface area contributed by atoms with Crippen LogP contribution in [-0.2, 0) is 37.8 Å². The Morgan fingerprint density at radius 3 is 0.924 bits per heavy atom. The van der Waals surface area contributed by atoms with Crippen molar-refractivity contribution in [3.63, 3.8) is 0 Å². The molecule has 23 rings (SSSR count). The van der Waals surface area contributed by atoms with Crippen LogP contribution < -0.4 is 27.9 Å². The van der Waals surface area contributed by atoms with E-state index in [4.69, 9.17) is 0 Å². The molecule has 0 unspecified atom stereocenters.